The number of aromatic nitrogens is 2. The zero-order valence-electron chi connectivity index (χ0n) is 16.4. The molecule has 0 amide bonds. The third-order valence-corrected chi connectivity index (χ3v) is 4.95. The van der Waals surface area contributed by atoms with Crippen molar-refractivity contribution in [3.05, 3.63) is 63.5 Å². The molecule has 31 heavy (non-hydrogen) atoms. The zero-order valence-corrected chi connectivity index (χ0v) is 17.2. The second kappa shape index (κ2) is 7.73. The Balaban J connectivity index is 2.00. The summed E-state index contributed by atoms with van der Waals surface area (Å²) in [5, 5.41) is 30.1. The third-order valence-electron chi connectivity index (χ3n) is 4.65. The van der Waals surface area contributed by atoms with Crippen LogP contribution >= 0.6 is 11.6 Å². The molecular formula is C22H17ClN2O6. The summed E-state index contributed by atoms with van der Waals surface area (Å²) in [6, 6.07) is 10.3. The van der Waals surface area contributed by atoms with Crippen LogP contribution in [-0.2, 0) is 0 Å². The predicted octanol–water partition coefficient (Wildman–Crippen LogP) is 4.45. The van der Waals surface area contributed by atoms with E-state index >= 15 is 0 Å². The van der Waals surface area contributed by atoms with Crippen LogP contribution in [0.25, 0.3) is 34.1 Å². The molecule has 2 heterocycles. The van der Waals surface area contributed by atoms with Crippen molar-refractivity contribution < 1.29 is 24.5 Å². The number of nitrogens with one attached hydrogen (secondary N) is 1. The monoisotopic (exact) mass is 440 g/mol. The van der Waals surface area contributed by atoms with Crippen molar-refractivity contribution in [1.29, 1.82) is 0 Å². The molecule has 9 heteroatoms. The number of halogens is 1. The molecule has 158 valence electrons. The van der Waals surface area contributed by atoms with Gasteiger partial charge in [-0.2, -0.15) is 0 Å². The van der Waals surface area contributed by atoms with Gasteiger partial charge >= 0.3 is 0 Å². The number of phenols is 2. The van der Waals surface area contributed by atoms with Crippen LogP contribution < -0.4 is 10.2 Å². The molecule has 8 nitrogen and oxygen atoms in total. The summed E-state index contributed by atoms with van der Waals surface area (Å²) in [4.78, 5) is 19.8. The molecule has 0 saturated carbocycles. The number of benzene rings is 2. The highest BCUT2D eigenvalue weighted by molar-refractivity contribution is 6.32. The van der Waals surface area contributed by atoms with Gasteiger partial charge in [0.25, 0.3) is 0 Å². The summed E-state index contributed by atoms with van der Waals surface area (Å²) < 4.78 is 10.8. The van der Waals surface area contributed by atoms with Gasteiger partial charge in [0.1, 0.15) is 28.7 Å². The lowest BCUT2D eigenvalue weighted by atomic mass is 10.1. The van der Waals surface area contributed by atoms with Gasteiger partial charge in [-0.25, -0.2) is 4.98 Å². The summed E-state index contributed by atoms with van der Waals surface area (Å²) in [7, 11) is 1.42. The molecule has 0 aliphatic rings. The largest absolute Gasteiger partial charge is 0.506 e. The summed E-state index contributed by atoms with van der Waals surface area (Å²) in [5.74, 6) is 0.0722. The standard InChI is InChI=1S/C22H17ClN2O6/c1-10-7-16(28)20(29)21(31-10)19-18(11-3-6-15(27)17(9-11)30-2)24-22(25-19)12-4-5-14(26)13(23)8-12/h3-9,26-27,29H,1-2H3,(H,24,25). The number of rotatable bonds is 4. The lowest BCUT2D eigenvalue weighted by molar-refractivity contribution is 0.373. The van der Waals surface area contributed by atoms with E-state index in [2.05, 4.69) is 9.97 Å². The van der Waals surface area contributed by atoms with Crippen LogP contribution in [0.5, 0.6) is 23.0 Å². The SMILES string of the molecule is COc1cc(-c2nc(-c3ccc(O)c(Cl)c3)[nH]c2-c2oc(C)cc(=O)c2O)ccc1O. The number of imidazole rings is 1. The Morgan fingerprint density at radius 2 is 1.74 bits per heavy atom. The summed E-state index contributed by atoms with van der Waals surface area (Å²) in [5.41, 5.74) is 1.06. The Labute approximate surface area is 181 Å². The highest BCUT2D eigenvalue weighted by Gasteiger charge is 2.23. The zero-order chi connectivity index (χ0) is 22.3. The van der Waals surface area contributed by atoms with E-state index in [0.29, 0.717) is 28.4 Å². The van der Waals surface area contributed by atoms with E-state index < -0.39 is 11.2 Å². The average molecular weight is 441 g/mol. The maximum absolute atomic E-state index is 12.1. The first kappa shape index (κ1) is 20.4. The summed E-state index contributed by atoms with van der Waals surface area (Å²) in [6.45, 7) is 1.59. The van der Waals surface area contributed by atoms with Crippen LogP contribution in [0.3, 0.4) is 0 Å². The summed E-state index contributed by atoms with van der Waals surface area (Å²) >= 11 is 6.03. The Bertz CT molecular complexity index is 1360. The number of aromatic hydroxyl groups is 3. The number of H-pyrrole nitrogens is 1. The van der Waals surface area contributed by atoms with Gasteiger partial charge in [-0.05, 0) is 43.3 Å². The number of ether oxygens (including phenoxy) is 1. The fourth-order valence-corrected chi connectivity index (χ4v) is 3.32. The number of aromatic amines is 1. The van der Waals surface area contributed by atoms with Gasteiger partial charge < -0.3 is 29.5 Å². The molecule has 2 aromatic heterocycles. The molecule has 0 saturated heterocycles. The average Bonchev–Trinajstić information content (AvgIpc) is 3.18. The van der Waals surface area contributed by atoms with Crippen molar-refractivity contribution in [3.63, 3.8) is 0 Å². The van der Waals surface area contributed by atoms with E-state index in [0.717, 1.165) is 0 Å². The first-order valence-corrected chi connectivity index (χ1v) is 9.46. The topological polar surface area (TPSA) is 129 Å². The Morgan fingerprint density at radius 1 is 1.03 bits per heavy atom. The quantitative estimate of drug-likeness (QED) is 0.369. The number of nitrogens with zero attached hydrogens (tertiary/aromatic N) is 1. The van der Waals surface area contributed by atoms with Gasteiger partial charge in [0.05, 0.1) is 12.1 Å². The minimum atomic E-state index is -0.600. The molecule has 4 aromatic rings. The molecule has 0 radical (unpaired) electrons. The van der Waals surface area contributed by atoms with Crippen LogP contribution in [0.4, 0.5) is 0 Å². The van der Waals surface area contributed by atoms with Gasteiger partial charge in [-0.3, -0.25) is 4.79 Å². The molecule has 0 aliphatic carbocycles. The minimum absolute atomic E-state index is 0.0567. The van der Waals surface area contributed by atoms with Crippen molar-refractivity contribution in [2.75, 3.05) is 7.11 Å². The molecular weight excluding hydrogens is 424 g/mol. The molecule has 4 rings (SSSR count). The van der Waals surface area contributed by atoms with Crippen molar-refractivity contribution in [1.82, 2.24) is 9.97 Å². The van der Waals surface area contributed by atoms with E-state index in [9.17, 15) is 20.1 Å². The van der Waals surface area contributed by atoms with Gasteiger partial charge in [-0.15, -0.1) is 0 Å². The Hall–Kier alpha value is -3.91. The molecule has 0 unspecified atom stereocenters. The smallest absolute Gasteiger partial charge is 0.227 e. The lowest BCUT2D eigenvalue weighted by Crippen LogP contribution is -2.01. The normalized spacial score (nSPS) is 10.9. The number of methoxy groups -OCH3 is 1. The first-order valence-electron chi connectivity index (χ1n) is 9.09. The lowest BCUT2D eigenvalue weighted by Gasteiger charge is -2.08. The van der Waals surface area contributed by atoms with Crippen LogP contribution in [-0.4, -0.2) is 32.4 Å². The highest BCUT2D eigenvalue weighted by Crippen LogP contribution is 2.39. The molecule has 0 aliphatic heterocycles. The third kappa shape index (κ3) is 3.69. The van der Waals surface area contributed by atoms with E-state index in [1.54, 1.807) is 25.1 Å². The maximum atomic E-state index is 12.1. The van der Waals surface area contributed by atoms with Crippen LogP contribution in [0.2, 0.25) is 5.02 Å². The molecule has 0 fully saturated rings. The maximum Gasteiger partial charge on any atom is 0.227 e. The molecule has 4 N–H and O–H groups in total. The minimum Gasteiger partial charge on any atom is -0.506 e. The van der Waals surface area contributed by atoms with Crippen LogP contribution in [0.15, 0.2) is 51.7 Å². The van der Waals surface area contributed by atoms with Crippen molar-refractivity contribution in [2.45, 2.75) is 6.92 Å². The number of hydrogen-bond acceptors (Lipinski definition) is 7. The molecule has 0 spiro atoms. The second-order valence-corrected chi connectivity index (χ2v) is 7.17. The van der Waals surface area contributed by atoms with Gasteiger partial charge in [0, 0.05) is 17.2 Å². The van der Waals surface area contributed by atoms with Crippen molar-refractivity contribution >= 4 is 11.6 Å². The van der Waals surface area contributed by atoms with Crippen molar-refractivity contribution in [3.8, 4) is 57.1 Å². The fourth-order valence-electron chi connectivity index (χ4n) is 3.14. The second-order valence-electron chi connectivity index (χ2n) is 6.76. The van der Waals surface area contributed by atoms with Crippen LogP contribution in [0.1, 0.15) is 5.76 Å². The number of hydrogen-bond donors (Lipinski definition) is 4. The van der Waals surface area contributed by atoms with Gasteiger partial charge in [0.15, 0.2) is 17.3 Å². The molecule has 2 aromatic carbocycles. The van der Waals surface area contributed by atoms with Crippen molar-refractivity contribution in [2.24, 2.45) is 0 Å². The summed E-state index contributed by atoms with van der Waals surface area (Å²) in [6.07, 6.45) is 0. The van der Waals surface area contributed by atoms with E-state index in [1.807, 2.05) is 0 Å². The van der Waals surface area contributed by atoms with E-state index in [1.165, 1.54) is 31.4 Å². The molecule has 0 bridgehead atoms. The van der Waals surface area contributed by atoms with Gasteiger partial charge in [0.2, 0.25) is 11.2 Å². The Morgan fingerprint density at radius 3 is 2.45 bits per heavy atom. The number of phenolic OH excluding ortho intramolecular Hbond substituents is 2. The first-order chi connectivity index (χ1) is 14.8. The molecule has 0 atom stereocenters. The van der Waals surface area contributed by atoms with E-state index in [-0.39, 0.29) is 33.7 Å². The fraction of sp³-hybridized carbons (Fsp3) is 0.0909. The predicted molar refractivity (Wildman–Crippen MR) is 115 cm³/mol. The van der Waals surface area contributed by atoms with Gasteiger partial charge in [-0.1, -0.05) is 11.6 Å². The highest BCUT2D eigenvalue weighted by atomic mass is 35.5. The van der Waals surface area contributed by atoms with Crippen LogP contribution in [0, 0.1) is 6.92 Å². The number of aryl methyl sites for hydroxylation is 1. The Kier molecular flexibility index (Phi) is 5.08. The van der Waals surface area contributed by atoms with E-state index in [4.69, 9.17) is 20.8 Å².